The summed E-state index contributed by atoms with van der Waals surface area (Å²) < 4.78 is 26.0. The Morgan fingerprint density at radius 3 is 2.32 bits per heavy atom. The zero-order chi connectivity index (χ0) is 13.9. The van der Waals surface area contributed by atoms with Crippen LogP contribution in [0.15, 0.2) is 0 Å². The predicted octanol–water partition coefficient (Wildman–Crippen LogP) is 0.505. The zero-order valence-corrected chi connectivity index (χ0v) is 12.6. The Bertz CT molecular complexity index is 369. The van der Waals surface area contributed by atoms with Crippen LogP contribution in [-0.2, 0) is 10.0 Å². The number of hydrogen-bond acceptors (Lipinski definition) is 4. The number of piperazine rings is 1. The summed E-state index contributed by atoms with van der Waals surface area (Å²) >= 11 is 0. The molecule has 0 aromatic carbocycles. The van der Waals surface area contributed by atoms with E-state index in [-0.39, 0.29) is 12.6 Å². The van der Waals surface area contributed by atoms with Gasteiger partial charge in [0.05, 0.1) is 12.4 Å². The largest absolute Gasteiger partial charge is 0.395 e. The molecule has 0 aromatic rings. The Labute approximate surface area is 116 Å². The molecule has 6 heteroatoms. The van der Waals surface area contributed by atoms with Crippen LogP contribution < -0.4 is 0 Å². The zero-order valence-electron chi connectivity index (χ0n) is 11.8. The Balaban J connectivity index is 1.80. The van der Waals surface area contributed by atoms with Crippen molar-refractivity contribution < 1.29 is 13.5 Å². The highest BCUT2D eigenvalue weighted by molar-refractivity contribution is 7.89. The number of rotatable bonds is 7. The number of nitrogens with zero attached hydrogens (tertiary/aromatic N) is 2. The van der Waals surface area contributed by atoms with Gasteiger partial charge in [-0.05, 0) is 18.8 Å². The lowest BCUT2D eigenvalue weighted by molar-refractivity contribution is 0.0881. The third-order valence-corrected chi connectivity index (χ3v) is 6.25. The van der Waals surface area contributed by atoms with E-state index in [0.717, 1.165) is 25.9 Å². The number of hydrogen-bond donors (Lipinski definition) is 1. The molecule has 2 fully saturated rings. The van der Waals surface area contributed by atoms with E-state index in [1.54, 1.807) is 4.31 Å². The van der Waals surface area contributed by atoms with Gasteiger partial charge in [0.25, 0.3) is 0 Å². The maximum atomic E-state index is 12.2. The molecule has 0 spiro atoms. The average Bonchev–Trinajstić information content (AvgIpc) is 3.23. The van der Waals surface area contributed by atoms with E-state index in [1.807, 2.05) is 0 Å². The highest BCUT2D eigenvalue weighted by atomic mass is 32.2. The van der Waals surface area contributed by atoms with Gasteiger partial charge in [0, 0.05) is 32.2 Å². The Kier molecular flexibility index (Phi) is 5.22. The molecule has 0 radical (unpaired) electrons. The number of aliphatic hydroxyl groups excluding tert-OH is 1. The third-order valence-electron chi connectivity index (χ3n) is 4.35. The van der Waals surface area contributed by atoms with E-state index < -0.39 is 10.0 Å². The van der Waals surface area contributed by atoms with Crippen molar-refractivity contribution in [2.24, 2.45) is 5.92 Å². The number of sulfonamides is 1. The van der Waals surface area contributed by atoms with Crippen LogP contribution in [0.1, 0.15) is 32.6 Å². The van der Waals surface area contributed by atoms with Gasteiger partial charge in [0.2, 0.25) is 10.0 Å². The summed E-state index contributed by atoms with van der Waals surface area (Å²) in [6.45, 7) is 4.83. The van der Waals surface area contributed by atoms with Crippen LogP contribution in [0.5, 0.6) is 0 Å². The molecular weight excluding hydrogens is 264 g/mol. The molecule has 1 unspecified atom stereocenters. The SMILES string of the molecule is CCC(CO)N1CCN(S(=O)(=O)CCC2CC2)CC1. The summed E-state index contributed by atoms with van der Waals surface area (Å²) in [5, 5.41) is 9.28. The van der Waals surface area contributed by atoms with Crippen molar-refractivity contribution in [1.29, 1.82) is 0 Å². The average molecular weight is 290 g/mol. The van der Waals surface area contributed by atoms with Crippen LogP contribution in [0, 0.1) is 5.92 Å². The van der Waals surface area contributed by atoms with Crippen LogP contribution in [0.25, 0.3) is 0 Å². The highest BCUT2D eigenvalue weighted by Crippen LogP contribution is 2.33. The van der Waals surface area contributed by atoms with Crippen LogP contribution in [0.2, 0.25) is 0 Å². The van der Waals surface area contributed by atoms with Crippen molar-refractivity contribution in [3.63, 3.8) is 0 Å². The van der Waals surface area contributed by atoms with Crippen molar-refractivity contribution >= 4 is 10.0 Å². The first kappa shape index (κ1) is 15.2. The smallest absolute Gasteiger partial charge is 0.214 e. The molecule has 1 atom stereocenters. The minimum Gasteiger partial charge on any atom is -0.395 e. The van der Waals surface area contributed by atoms with Crippen LogP contribution >= 0.6 is 0 Å². The molecule has 1 N–H and O–H groups in total. The maximum Gasteiger partial charge on any atom is 0.214 e. The molecule has 1 saturated carbocycles. The summed E-state index contributed by atoms with van der Waals surface area (Å²) in [5.41, 5.74) is 0. The molecule has 1 heterocycles. The molecule has 0 bridgehead atoms. The molecule has 0 aromatic heterocycles. The van der Waals surface area contributed by atoms with E-state index in [2.05, 4.69) is 11.8 Å². The van der Waals surface area contributed by atoms with Crippen molar-refractivity contribution in [3.05, 3.63) is 0 Å². The fourth-order valence-electron chi connectivity index (χ4n) is 2.70. The van der Waals surface area contributed by atoms with Gasteiger partial charge in [0.1, 0.15) is 0 Å². The summed E-state index contributed by atoms with van der Waals surface area (Å²) in [6.07, 6.45) is 4.15. The van der Waals surface area contributed by atoms with Crippen LogP contribution in [0.3, 0.4) is 0 Å². The lowest BCUT2D eigenvalue weighted by Gasteiger charge is -2.37. The first-order valence-corrected chi connectivity index (χ1v) is 9.00. The van der Waals surface area contributed by atoms with E-state index >= 15 is 0 Å². The minimum absolute atomic E-state index is 0.158. The van der Waals surface area contributed by atoms with Gasteiger partial charge in [-0.2, -0.15) is 4.31 Å². The van der Waals surface area contributed by atoms with Gasteiger partial charge in [-0.3, -0.25) is 4.90 Å². The van der Waals surface area contributed by atoms with Gasteiger partial charge in [-0.15, -0.1) is 0 Å². The molecular formula is C13H26N2O3S. The summed E-state index contributed by atoms with van der Waals surface area (Å²) in [7, 11) is -3.06. The molecule has 5 nitrogen and oxygen atoms in total. The van der Waals surface area contributed by atoms with Gasteiger partial charge in [-0.1, -0.05) is 19.8 Å². The molecule has 0 amide bonds. The van der Waals surface area contributed by atoms with Gasteiger partial charge >= 0.3 is 0 Å². The van der Waals surface area contributed by atoms with Crippen molar-refractivity contribution in [1.82, 2.24) is 9.21 Å². The van der Waals surface area contributed by atoms with E-state index in [9.17, 15) is 13.5 Å². The lowest BCUT2D eigenvalue weighted by atomic mass is 10.2. The van der Waals surface area contributed by atoms with E-state index in [0.29, 0.717) is 24.8 Å². The fourth-order valence-corrected chi connectivity index (χ4v) is 4.31. The third kappa shape index (κ3) is 4.15. The second kappa shape index (κ2) is 6.52. The fraction of sp³-hybridized carbons (Fsp3) is 1.00. The van der Waals surface area contributed by atoms with E-state index in [4.69, 9.17) is 0 Å². The van der Waals surface area contributed by atoms with Crippen molar-refractivity contribution in [2.75, 3.05) is 38.5 Å². The van der Waals surface area contributed by atoms with Gasteiger partial charge in [-0.25, -0.2) is 8.42 Å². The standard InChI is InChI=1S/C13H26N2O3S/c1-2-13(11-16)14-6-8-15(9-7-14)19(17,18)10-5-12-3-4-12/h12-13,16H,2-11H2,1H3. The molecule has 112 valence electrons. The van der Waals surface area contributed by atoms with Crippen LogP contribution in [-0.4, -0.2) is 67.3 Å². The molecule has 2 aliphatic rings. The quantitative estimate of drug-likeness (QED) is 0.742. The second-order valence-electron chi connectivity index (χ2n) is 5.73. The van der Waals surface area contributed by atoms with E-state index in [1.165, 1.54) is 12.8 Å². The summed E-state index contributed by atoms with van der Waals surface area (Å²) in [4.78, 5) is 2.20. The van der Waals surface area contributed by atoms with Crippen LogP contribution in [0.4, 0.5) is 0 Å². The second-order valence-corrected chi connectivity index (χ2v) is 7.82. The number of aliphatic hydroxyl groups is 1. The predicted molar refractivity (Wildman–Crippen MR) is 75.4 cm³/mol. The van der Waals surface area contributed by atoms with Crippen molar-refractivity contribution in [2.45, 2.75) is 38.6 Å². The molecule has 1 aliphatic carbocycles. The monoisotopic (exact) mass is 290 g/mol. The summed E-state index contributed by atoms with van der Waals surface area (Å²) in [6, 6.07) is 0.177. The Morgan fingerprint density at radius 1 is 1.21 bits per heavy atom. The topological polar surface area (TPSA) is 60.9 Å². The van der Waals surface area contributed by atoms with Gasteiger partial charge < -0.3 is 5.11 Å². The minimum atomic E-state index is -3.06. The molecule has 2 rings (SSSR count). The Hall–Kier alpha value is -0.170. The molecule has 1 saturated heterocycles. The first-order valence-electron chi connectivity index (χ1n) is 7.39. The molecule has 1 aliphatic heterocycles. The Morgan fingerprint density at radius 2 is 1.84 bits per heavy atom. The normalized spacial score (nSPS) is 24.5. The molecule has 19 heavy (non-hydrogen) atoms. The summed E-state index contributed by atoms with van der Waals surface area (Å²) in [5.74, 6) is 0.976. The van der Waals surface area contributed by atoms with Gasteiger partial charge in [0.15, 0.2) is 0 Å². The van der Waals surface area contributed by atoms with Crippen molar-refractivity contribution in [3.8, 4) is 0 Å². The lowest BCUT2D eigenvalue weighted by Crippen LogP contribution is -2.53. The first-order chi connectivity index (χ1) is 9.06. The maximum absolute atomic E-state index is 12.2. The highest BCUT2D eigenvalue weighted by Gasteiger charge is 2.31.